The van der Waals surface area contributed by atoms with Gasteiger partial charge in [-0.3, -0.25) is 9.79 Å². The lowest BCUT2D eigenvalue weighted by Crippen LogP contribution is -2.36. The van der Waals surface area contributed by atoms with Gasteiger partial charge in [-0.25, -0.2) is 0 Å². The highest BCUT2D eigenvalue weighted by Crippen LogP contribution is 2.21. The normalized spacial score (nSPS) is 14.2. The number of amides is 1. The summed E-state index contributed by atoms with van der Waals surface area (Å²) in [5, 5.41) is 6.42. The Bertz CT molecular complexity index is 936. The van der Waals surface area contributed by atoms with Crippen LogP contribution < -0.4 is 15.5 Å². The molecule has 0 aliphatic carbocycles. The second kappa shape index (κ2) is 12.8. The monoisotopic (exact) mass is 576 g/mol. The molecule has 1 saturated heterocycles. The van der Waals surface area contributed by atoms with Crippen LogP contribution in [0.5, 0.6) is 0 Å². The molecule has 33 heavy (non-hydrogen) atoms. The molecular weight excluding hydrogens is 548 g/mol. The maximum Gasteiger partial charge on any atom is 0.411 e. The van der Waals surface area contributed by atoms with E-state index in [2.05, 4.69) is 15.6 Å². The van der Waals surface area contributed by atoms with Crippen LogP contribution in [0.25, 0.3) is 0 Å². The Morgan fingerprint density at radius 1 is 1.06 bits per heavy atom. The number of alkyl halides is 3. The molecule has 0 radical (unpaired) electrons. The summed E-state index contributed by atoms with van der Waals surface area (Å²) in [4.78, 5) is 17.9. The van der Waals surface area contributed by atoms with Crippen molar-refractivity contribution < 1.29 is 22.7 Å². The predicted octanol–water partition coefficient (Wildman–Crippen LogP) is 4.38. The standard InChI is InChI=1S/C23H27F3N4O2.HI/c1-27-22(28-13-17-7-9-20(10-8-17)30-11-3-6-21(30)31)29-14-18-4-2-5-19(12-18)15-32-16-23(24,25)26;/h2,4-5,7-10,12H,3,6,11,13-16H2,1H3,(H2,27,28,29);1H. The molecule has 0 atom stereocenters. The van der Waals surface area contributed by atoms with E-state index < -0.39 is 12.8 Å². The van der Waals surface area contributed by atoms with Crippen molar-refractivity contribution in [2.75, 3.05) is 25.1 Å². The largest absolute Gasteiger partial charge is 0.411 e. The Labute approximate surface area is 208 Å². The van der Waals surface area contributed by atoms with E-state index in [-0.39, 0.29) is 36.5 Å². The highest BCUT2D eigenvalue weighted by atomic mass is 127. The first-order valence-electron chi connectivity index (χ1n) is 10.4. The predicted molar refractivity (Wildman–Crippen MR) is 133 cm³/mol. The number of anilines is 1. The Balaban J connectivity index is 0.00000385. The van der Waals surface area contributed by atoms with Gasteiger partial charge >= 0.3 is 6.18 Å². The molecule has 0 bridgehead atoms. The molecule has 2 aromatic rings. The fourth-order valence-corrected chi connectivity index (χ4v) is 3.42. The number of nitrogens with one attached hydrogen (secondary N) is 2. The first-order chi connectivity index (χ1) is 15.3. The van der Waals surface area contributed by atoms with Crippen molar-refractivity contribution in [3.63, 3.8) is 0 Å². The molecule has 180 valence electrons. The molecule has 2 aromatic carbocycles. The number of nitrogens with zero attached hydrogens (tertiary/aromatic N) is 2. The van der Waals surface area contributed by atoms with Crippen LogP contribution in [0.1, 0.15) is 29.5 Å². The van der Waals surface area contributed by atoms with Crippen LogP contribution in [0.4, 0.5) is 18.9 Å². The molecule has 6 nitrogen and oxygen atoms in total. The van der Waals surface area contributed by atoms with Crippen molar-refractivity contribution in [3.8, 4) is 0 Å². The number of rotatable bonds is 8. The van der Waals surface area contributed by atoms with Crippen molar-refractivity contribution in [3.05, 3.63) is 65.2 Å². The SMILES string of the molecule is CN=C(NCc1ccc(N2CCCC2=O)cc1)NCc1cccc(COCC(F)(F)F)c1.I. The Morgan fingerprint density at radius 2 is 1.73 bits per heavy atom. The second-order valence-corrected chi connectivity index (χ2v) is 7.52. The van der Waals surface area contributed by atoms with Crippen LogP contribution in [-0.4, -0.2) is 38.2 Å². The average Bonchev–Trinajstić information content (AvgIpc) is 3.19. The van der Waals surface area contributed by atoms with Gasteiger partial charge in [0, 0.05) is 38.8 Å². The fourth-order valence-electron chi connectivity index (χ4n) is 3.42. The van der Waals surface area contributed by atoms with Gasteiger partial charge in [-0.05, 0) is 35.2 Å². The maximum atomic E-state index is 12.2. The summed E-state index contributed by atoms with van der Waals surface area (Å²) >= 11 is 0. The lowest BCUT2D eigenvalue weighted by molar-refractivity contribution is -0.176. The molecule has 1 aliphatic rings. The van der Waals surface area contributed by atoms with E-state index in [1.54, 1.807) is 30.1 Å². The van der Waals surface area contributed by atoms with Crippen LogP contribution in [0.3, 0.4) is 0 Å². The molecule has 1 amide bonds. The van der Waals surface area contributed by atoms with Gasteiger partial charge in [-0.15, -0.1) is 24.0 Å². The van der Waals surface area contributed by atoms with Gasteiger partial charge in [0.1, 0.15) is 6.61 Å². The average molecular weight is 576 g/mol. The number of ether oxygens (including phenoxy) is 1. The van der Waals surface area contributed by atoms with Crippen molar-refractivity contribution >= 4 is 41.5 Å². The smallest absolute Gasteiger partial charge is 0.367 e. The van der Waals surface area contributed by atoms with E-state index >= 15 is 0 Å². The van der Waals surface area contributed by atoms with E-state index in [1.165, 1.54) is 0 Å². The van der Waals surface area contributed by atoms with Gasteiger partial charge in [-0.2, -0.15) is 13.2 Å². The minimum Gasteiger partial charge on any atom is -0.367 e. The lowest BCUT2D eigenvalue weighted by Gasteiger charge is -2.16. The topological polar surface area (TPSA) is 66.0 Å². The van der Waals surface area contributed by atoms with E-state index in [1.807, 2.05) is 30.3 Å². The number of carbonyl (C=O) groups excluding carboxylic acids is 1. The molecule has 2 N–H and O–H groups in total. The number of halogens is 4. The minimum absolute atomic E-state index is 0. The Hall–Kier alpha value is -2.34. The van der Waals surface area contributed by atoms with Gasteiger partial charge in [0.25, 0.3) is 0 Å². The third-order valence-electron chi connectivity index (χ3n) is 4.99. The highest BCUT2D eigenvalue weighted by molar-refractivity contribution is 14.0. The number of hydrogen-bond acceptors (Lipinski definition) is 3. The van der Waals surface area contributed by atoms with E-state index in [9.17, 15) is 18.0 Å². The second-order valence-electron chi connectivity index (χ2n) is 7.52. The summed E-state index contributed by atoms with van der Waals surface area (Å²) in [6.45, 7) is 0.422. The Morgan fingerprint density at radius 3 is 2.33 bits per heavy atom. The molecule has 1 heterocycles. The zero-order valence-electron chi connectivity index (χ0n) is 18.3. The highest BCUT2D eigenvalue weighted by Gasteiger charge is 2.27. The molecule has 1 fully saturated rings. The van der Waals surface area contributed by atoms with Crippen LogP contribution in [0, 0.1) is 0 Å². The summed E-state index contributed by atoms with van der Waals surface area (Å²) in [5.41, 5.74) is 3.54. The van der Waals surface area contributed by atoms with Gasteiger partial charge in [0.15, 0.2) is 5.96 Å². The zero-order chi connectivity index (χ0) is 23.0. The van der Waals surface area contributed by atoms with Gasteiger partial charge in [0.05, 0.1) is 6.61 Å². The quantitative estimate of drug-likeness (QED) is 0.278. The summed E-state index contributed by atoms with van der Waals surface area (Å²) < 4.78 is 41.4. The van der Waals surface area contributed by atoms with Crippen molar-refractivity contribution in [2.45, 2.75) is 38.7 Å². The molecule has 3 rings (SSSR count). The molecule has 0 saturated carbocycles. The fraction of sp³-hybridized carbons (Fsp3) is 0.391. The Kier molecular flexibility index (Phi) is 10.4. The lowest BCUT2D eigenvalue weighted by atomic mass is 10.1. The van der Waals surface area contributed by atoms with Crippen molar-refractivity contribution in [1.82, 2.24) is 10.6 Å². The molecule has 0 unspecified atom stereocenters. The van der Waals surface area contributed by atoms with Crippen LogP contribution >= 0.6 is 24.0 Å². The van der Waals surface area contributed by atoms with Gasteiger partial charge in [0.2, 0.25) is 5.91 Å². The van der Waals surface area contributed by atoms with Crippen LogP contribution in [0.2, 0.25) is 0 Å². The number of aliphatic imine (C=N–C) groups is 1. The van der Waals surface area contributed by atoms with Crippen LogP contribution in [-0.2, 0) is 29.2 Å². The third kappa shape index (κ3) is 8.84. The zero-order valence-corrected chi connectivity index (χ0v) is 20.7. The first-order valence-corrected chi connectivity index (χ1v) is 10.4. The number of carbonyl (C=O) groups is 1. The van der Waals surface area contributed by atoms with E-state index in [0.29, 0.717) is 31.0 Å². The summed E-state index contributed by atoms with van der Waals surface area (Å²) in [5.74, 6) is 0.763. The minimum atomic E-state index is -4.33. The van der Waals surface area contributed by atoms with Gasteiger partial charge < -0.3 is 20.3 Å². The molecule has 0 aromatic heterocycles. The molecule has 0 spiro atoms. The number of benzene rings is 2. The summed E-state index contributed by atoms with van der Waals surface area (Å²) in [6.07, 6.45) is -2.83. The third-order valence-corrected chi connectivity index (χ3v) is 4.99. The van der Waals surface area contributed by atoms with E-state index in [4.69, 9.17) is 4.74 Å². The molecule has 1 aliphatic heterocycles. The number of hydrogen-bond donors (Lipinski definition) is 2. The molecular formula is C23H28F3IN4O2. The summed E-state index contributed by atoms with van der Waals surface area (Å²) in [6, 6.07) is 15.0. The van der Waals surface area contributed by atoms with Gasteiger partial charge in [-0.1, -0.05) is 36.4 Å². The van der Waals surface area contributed by atoms with E-state index in [0.717, 1.165) is 29.8 Å². The number of guanidine groups is 1. The van der Waals surface area contributed by atoms with Crippen LogP contribution in [0.15, 0.2) is 53.5 Å². The van der Waals surface area contributed by atoms with Crippen molar-refractivity contribution in [1.29, 1.82) is 0 Å². The molecule has 10 heteroatoms. The first kappa shape index (κ1) is 26.9. The van der Waals surface area contributed by atoms with Crippen molar-refractivity contribution in [2.24, 2.45) is 4.99 Å². The maximum absolute atomic E-state index is 12.2. The summed E-state index contributed by atoms with van der Waals surface area (Å²) in [7, 11) is 1.67.